The number of nitrogens with one attached hydrogen (secondary N) is 2. The first kappa shape index (κ1) is 17.8. The van der Waals surface area contributed by atoms with Crippen LogP contribution in [0.2, 0.25) is 0 Å². The summed E-state index contributed by atoms with van der Waals surface area (Å²) in [6.07, 6.45) is 1.34. The maximum atomic E-state index is 13.9. The van der Waals surface area contributed by atoms with E-state index in [0.29, 0.717) is 5.69 Å². The van der Waals surface area contributed by atoms with Crippen LogP contribution in [0.1, 0.15) is 15.9 Å². The van der Waals surface area contributed by atoms with Crippen LogP contribution in [0.4, 0.5) is 10.1 Å². The molecule has 2 aromatic carbocycles. The summed E-state index contributed by atoms with van der Waals surface area (Å²) in [4.78, 5) is 11.7. The maximum absolute atomic E-state index is 13.9. The summed E-state index contributed by atoms with van der Waals surface area (Å²) in [6.45, 7) is 5.18. The van der Waals surface area contributed by atoms with Gasteiger partial charge in [0.25, 0.3) is 5.91 Å². The maximum Gasteiger partial charge on any atom is 0.255 e. The topological polar surface area (TPSA) is 75.3 Å². The standard InChI is InChI=1S/C17H17FN2O3S/c1-3-10-19-24(22,23)16-11-13(8-9-14(16)18)17(21)20-15-7-5-4-6-12(15)2/h3-9,11,19H,1,10H2,2H3,(H,20,21). The van der Waals surface area contributed by atoms with Crippen molar-refractivity contribution in [3.8, 4) is 0 Å². The molecular weight excluding hydrogens is 331 g/mol. The van der Waals surface area contributed by atoms with Gasteiger partial charge in [-0.1, -0.05) is 24.3 Å². The molecule has 0 bridgehead atoms. The number of benzene rings is 2. The molecule has 0 heterocycles. The average Bonchev–Trinajstić information content (AvgIpc) is 2.55. The van der Waals surface area contributed by atoms with Crippen molar-refractivity contribution in [2.24, 2.45) is 0 Å². The summed E-state index contributed by atoms with van der Waals surface area (Å²) in [6, 6.07) is 10.3. The van der Waals surface area contributed by atoms with Crippen LogP contribution in [-0.2, 0) is 10.0 Å². The predicted molar refractivity (Wildman–Crippen MR) is 90.9 cm³/mol. The highest BCUT2D eigenvalue weighted by atomic mass is 32.2. The van der Waals surface area contributed by atoms with Crippen LogP contribution in [0, 0.1) is 12.7 Å². The fourth-order valence-corrected chi connectivity index (χ4v) is 3.10. The molecule has 24 heavy (non-hydrogen) atoms. The highest BCUT2D eigenvalue weighted by Crippen LogP contribution is 2.19. The van der Waals surface area contributed by atoms with Gasteiger partial charge in [-0.15, -0.1) is 6.58 Å². The van der Waals surface area contributed by atoms with Crippen molar-refractivity contribution in [2.45, 2.75) is 11.8 Å². The van der Waals surface area contributed by atoms with E-state index in [1.165, 1.54) is 12.1 Å². The lowest BCUT2D eigenvalue weighted by atomic mass is 10.1. The van der Waals surface area contributed by atoms with Crippen molar-refractivity contribution in [1.82, 2.24) is 4.72 Å². The molecule has 2 aromatic rings. The molecule has 0 spiro atoms. The minimum absolute atomic E-state index is 0.0403. The van der Waals surface area contributed by atoms with Gasteiger partial charge in [-0.2, -0.15) is 0 Å². The Labute approximate surface area is 140 Å². The molecule has 7 heteroatoms. The number of carbonyl (C=O) groups is 1. The number of anilines is 1. The molecule has 0 atom stereocenters. The van der Waals surface area contributed by atoms with Gasteiger partial charge in [-0.25, -0.2) is 17.5 Å². The number of rotatable bonds is 6. The number of hydrogen-bond acceptors (Lipinski definition) is 3. The van der Waals surface area contributed by atoms with Crippen molar-refractivity contribution < 1.29 is 17.6 Å². The van der Waals surface area contributed by atoms with Crippen LogP contribution in [0.15, 0.2) is 60.0 Å². The quantitative estimate of drug-likeness (QED) is 0.788. The molecule has 0 saturated heterocycles. The normalized spacial score (nSPS) is 11.1. The van der Waals surface area contributed by atoms with Gasteiger partial charge in [0.15, 0.2) is 0 Å². The minimum Gasteiger partial charge on any atom is -0.322 e. The third kappa shape index (κ3) is 4.06. The third-order valence-corrected chi connectivity index (χ3v) is 4.73. The molecule has 0 saturated carbocycles. The second-order valence-electron chi connectivity index (χ2n) is 5.05. The molecule has 0 radical (unpaired) electrons. The molecule has 2 rings (SSSR count). The molecule has 0 aromatic heterocycles. The van der Waals surface area contributed by atoms with Crippen molar-refractivity contribution in [3.63, 3.8) is 0 Å². The van der Waals surface area contributed by atoms with E-state index in [0.717, 1.165) is 17.7 Å². The first-order valence-electron chi connectivity index (χ1n) is 7.12. The Bertz CT molecular complexity index is 879. The number of para-hydroxylation sites is 1. The van der Waals surface area contributed by atoms with Gasteiger partial charge in [0.05, 0.1) is 0 Å². The SMILES string of the molecule is C=CCNS(=O)(=O)c1cc(C(=O)Nc2ccccc2C)ccc1F. The zero-order valence-electron chi connectivity index (χ0n) is 13.0. The van der Waals surface area contributed by atoms with Gasteiger partial charge in [-0.05, 0) is 36.8 Å². The van der Waals surface area contributed by atoms with Gasteiger partial charge in [-0.3, -0.25) is 4.79 Å². The zero-order valence-corrected chi connectivity index (χ0v) is 13.9. The molecule has 126 valence electrons. The Morgan fingerprint density at radius 1 is 1.25 bits per heavy atom. The van der Waals surface area contributed by atoms with Crippen LogP contribution < -0.4 is 10.0 Å². The van der Waals surface area contributed by atoms with Crippen molar-refractivity contribution in [2.75, 3.05) is 11.9 Å². The van der Waals surface area contributed by atoms with E-state index in [4.69, 9.17) is 0 Å². The lowest BCUT2D eigenvalue weighted by molar-refractivity contribution is 0.102. The largest absolute Gasteiger partial charge is 0.322 e. The van der Waals surface area contributed by atoms with Gasteiger partial charge >= 0.3 is 0 Å². The number of amides is 1. The molecule has 0 aliphatic heterocycles. The summed E-state index contributed by atoms with van der Waals surface area (Å²) >= 11 is 0. The molecule has 0 aliphatic carbocycles. The smallest absolute Gasteiger partial charge is 0.255 e. The molecular formula is C17H17FN2O3S. The number of aryl methyl sites for hydroxylation is 1. The van der Waals surface area contributed by atoms with E-state index in [2.05, 4.69) is 16.6 Å². The number of hydrogen-bond donors (Lipinski definition) is 2. The van der Waals surface area contributed by atoms with E-state index >= 15 is 0 Å². The molecule has 5 nitrogen and oxygen atoms in total. The molecule has 2 N–H and O–H groups in total. The van der Waals surface area contributed by atoms with E-state index in [1.54, 1.807) is 12.1 Å². The monoisotopic (exact) mass is 348 g/mol. The Kier molecular flexibility index (Phi) is 5.48. The average molecular weight is 348 g/mol. The zero-order chi connectivity index (χ0) is 17.7. The Morgan fingerprint density at radius 2 is 1.96 bits per heavy atom. The third-order valence-electron chi connectivity index (χ3n) is 3.29. The van der Waals surface area contributed by atoms with Crippen LogP contribution >= 0.6 is 0 Å². The number of halogens is 1. The van der Waals surface area contributed by atoms with E-state index < -0.39 is 26.6 Å². The van der Waals surface area contributed by atoms with Gasteiger partial charge in [0.1, 0.15) is 10.7 Å². The number of carbonyl (C=O) groups excluding carboxylic acids is 1. The summed E-state index contributed by atoms with van der Waals surface area (Å²) in [7, 11) is -4.07. The van der Waals surface area contributed by atoms with Crippen molar-refractivity contribution in [1.29, 1.82) is 0 Å². The lowest BCUT2D eigenvalue weighted by Gasteiger charge is -2.10. The summed E-state index contributed by atoms with van der Waals surface area (Å²) < 4.78 is 40.2. The molecule has 0 aliphatic rings. The fraction of sp³-hybridized carbons (Fsp3) is 0.118. The first-order chi connectivity index (χ1) is 11.3. The fourth-order valence-electron chi connectivity index (χ4n) is 2.00. The minimum atomic E-state index is -4.07. The highest BCUT2D eigenvalue weighted by Gasteiger charge is 2.20. The van der Waals surface area contributed by atoms with Crippen LogP contribution in [0.3, 0.4) is 0 Å². The Hall–Kier alpha value is -2.51. The molecule has 0 unspecified atom stereocenters. The van der Waals surface area contributed by atoms with Crippen LogP contribution in [0.5, 0.6) is 0 Å². The number of sulfonamides is 1. The summed E-state index contributed by atoms with van der Waals surface area (Å²) in [5, 5.41) is 2.67. The Balaban J connectivity index is 2.32. The highest BCUT2D eigenvalue weighted by molar-refractivity contribution is 7.89. The Morgan fingerprint density at radius 3 is 2.62 bits per heavy atom. The second-order valence-corrected chi connectivity index (χ2v) is 6.79. The van der Waals surface area contributed by atoms with Crippen LogP contribution in [0.25, 0.3) is 0 Å². The van der Waals surface area contributed by atoms with Crippen molar-refractivity contribution in [3.05, 3.63) is 72.1 Å². The summed E-state index contributed by atoms with van der Waals surface area (Å²) in [5.41, 5.74) is 1.49. The van der Waals surface area contributed by atoms with Gasteiger partial charge in [0, 0.05) is 17.8 Å². The molecule has 0 fully saturated rings. The molecule has 1 amide bonds. The van der Waals surface area contributed by atoms with E-state index in [9.17, 15) is 17.6 Å². The lowest BCUT2D eigenvalue weighted by Crippen LogP contribution is -2.25. The van der Waals surface area contributed by atoms with Gasteiger partial charge in [0.2, 0.25) is 10.0 Å². The second kappa shape index (κ2) is 7.37. The van der Waals surface area contributed by atoms with Gasteiger partial charge < -0.3 is 5.32 Å². The van der Waals surface area contributed by atoms with E-state index in [-0.39, 0.29) is 12.1 Å². The van der Waals surface area contributed by atoms with E-state index in [1.807, 2.05) is 19.1 Å². The van der Waals surface area contributed by atoms with Crippen molar-refractivity contribution >= 4 is 21.6 Å². The van der Waals surface area contributed by atoms with Crippen LogP contribution in [-0.4, -0.2) is 20.9 Å². The summed E-state index contributed by atoms with van der Waals surface area (Å²) in [5.74, 6) is -1.46. The predicted octanol–water partition coefficient (Wildman–Crippen LogP) is 2.85. The first-order valence-corrected chi connectivity index (χ1v) is 8.60.